The molecule has 0 aliphatic rings. The second-order valence-electron chi connectivity index (χ2n) is 4.03. The van der Waals surface area contributed by atoms with Crippen LogP contribution in [0.15, 0.2) is 0 Å². The lowest BCUT2D eigenvalue weighted by Crippen LogP contribution is -2.38. The van der Waals surface area contributed by atoms with Crippen LogP contribution >= 0.6 is 0 Å². The van der Waals surface area contributed by atoms with Crippen molar-refractivity contribution in [3.8, 4) is 0 Å². The van der Waals surface area contributed by atoms with Gasteiger partial charge in [-0.15, -0.1) is 0 Å². The van der Waals surface area contributed by atoms with Gasteiger partial charge in [0, 0.05) is 13.1 Å². The molecule has 5 heteroatoms. The molecule has 0 bridgehead atoms. The first-order valence-electron chi connectivity index (χ1n) is 4.87. The van der Waals surface area contributed by atoms with Crippen molar-refractivity contribution in [3.63, 3.8) is 0 Å². The molecular formula is C9H21NO3S. The van der Waals surface area contributed by atoms with Crippen molar-refractivity contribution >= 4 is 10.0 Å². The van der Waals surface area contributed by atoms with Crippen molar-refractivity contribution in [2.45, 2.75) is 33.2 Å². The van der Waals surface area contributed by atoms with Crippen molar-refractivity contribution in [1.29, 1.82) is 0 Å². The Bertz CT molecular complexity index is 249. The Labute approximate surface area is 87.0 Å². The minimum Gasteiger partial charge on any atom is -0.395 e. The van der Waals surface area contributed by atoms with Crippen molar-refractivity contribution in [2.24, 2.45) is 5.92 Å². The molecule has 0 aromatic rings. The fourth-order valence-electron chi connectivity index (χ4n) is 1.36. The van der Waals surface area contributed by atoms with E-state index in [2.05, 4.69) is 13.8 Å². The van der Waals surface area contributed by atoms with Crippen LogP contribution in [0.5, 0.6) is 0 Å². The highest BCUT2D eigenvalue weighted by Gasteiger charge is 2.22. The number of rotatable bonds is 6. The molecule has 0 amide bonds. The molecule has 0 rings (SSSR count). The Morgan fingerprint density at radius 3 is 2.14 bits per heavy atom. The minimum absolute atomic E-state index is 0.00782. The van der Waals surface area contributed by atoms with Crippen LogP contribution < -0.4 is 0 Å². The fraction of sp³-hybridized carbons (Fsp3) is 1.00. The van der Waals surface area contributed by atoms with Gasteiger partial charge in [0.05, 0.1) is 12.4 Å². The van der Waals surface area contributed by atoms with Crippen molar-refractivity contribution in [1.82, 2.24) is 4.31 Å². The number of aliphatic hydroxyl groups excluding tert-OH is 1. The van der Waals surface area contributed by atoms with Crippen molar-refractivity contribution in [3.05, 3.63) is 0 Å². The molecule has 86 valence electrons. The van der Waals surface area contributed by atoms with E-state index in [1.54, 1.807) is 7.05 Å². The number of hydrogen-bond donors (Lipinski definition) is 1. The summed E-state index contributed by atoms with van der Waals surface area (Å²) in [6.07, 6.45) is 0.834. The lowest BCUT2D eigenvalue weighted by molar-refractivity contribution is 0.306. The van der Waals surface area contributed by atoms with Gasteiger partial charge in [-0.1, -0.05) is 13.8 Å². The molecule has 0 radical (unpaired) electrons. The summed E-state index contributed by atoms with van der Waals surface area (Å²) in [6, 6.07) is -0.00782. The van der Waals surface area contributed by atoms with Gasteiger partial charge in [-0.05, 0) is 19.3 Å². The quantitative estimate of drug-likeness (QED) is 0.720. The molecule has 14 heavy (non-hydrogen) atoms. The summed E-state index contributed by atoms with van der Waals surface area (Å²) in [4.78, 5) is 0. The van der Waals surface area contributed by atoms with E-state index < -0.39 is 10.0 Å². The summed E-state index contributed by atoms with van der Waals surface area (Å²) < 4.78 is 24.4. The summed E-state index contributed by atoms with van der Waals surface area (Å²) in [5.41, 5.74) is 0. The Morgan fingerprint density at radius 1 is 1.29 bits per heavy atom. The van der Waals surface area contributed by atoms with Crippen molar-refractivity contribution < 1.29 is 13.5 Å². The summed E-state index contributed by atoms with van der Waals surface area (Å²) >= 11 is 0. The van der Waals surface area contributed by atoms with Crippen LogP contribution in [0.4, 0.5) is 0 Å². The van der Waals surface area contributed by atoms with Gasteiger partial charge in [0.15, 0.2) is 0 Å². The highest BCUT2D eigenvalue weighted by Crippen LogP contribution is 2.12. The molecule has 0 heterocycles. The third-order valence-corrected chi connectivity index (χ3v) is 4.16. The Hall–Kier alpha value is -0.130. The largest absolute Gasteiger partial charge is 0.395 e. The predicted octanol–water partition coefficient (Wildman–Crippen LogP) is 0.675. The van der Waals surface area contributed by atoms with Gasteiger partial charge in [0.1, 0.15) is 0 Å². The van der Waals surface area contributed by atoms with Crippen LogP contribution in [-0.2, 0) is 10.0 Å². The van der Waals surface area contributed by atoms with E-state index in [9.17, 15) is 8.42 Å². The second kappa shape index (κ2) is 5.68. The van der Waals surface area contributed by atoms with E-state index in [1.165, 1.54) is 4.31 Å². The molecule has 1 unspecified atom stereocenters. The van der Waals surface area contributed by atoms with Crippen LogP contribution in [0.1, 0.15) is 27.2 Å². The molecule has 0 aromatic carbocycles. The van der Waals surface area contributed by atoms with E-state index in [0.29, 0.717) is 5.92 Å². The number of nitrogens with zero attached hydrogens (tertiary/aromatic N) is 1. The van der Waals surface area contributed by atoms with E-state index in [1.807, 2.05) is 6.92 Å². The molecular weight excluding hydrogens is 202 g/mol. The molecule has 0 aliphatic carbocycles. The van der Waals surface area contributed by atoms with Crippen LogP contribution in [0.2, 0.25) is 0 Å². The van der Waals surface area contributed by atoms with E-state index >= 15 is 0 Å². The normalized spacial score (nSPS) is 15.1. The molecule has 0 saturated carbocycles. The van der Waals surface area contributed by atoms with E-state index in [0.717, 1.165) is 6.42 Å². The smallest absolute Gasteiger partial charge is 0.216 e. The number of aliphatic hydroxyl groups is 1. The lowest BCUT2D eigenvalue weighted by Gasteiger charge is -2.25. The predicted molar refractivity (Wildman–Crippen MR) is 57.6 cm³/mol. The van der Waals surface area contributed by atoms with Gasteiger partial charge in [0.2, 0.25) is 10.0 Å². The summed E-state index contributed by atoms with van der Waals surface area (Å²) in [6.45, 7) is 5.68. The highest BCUT2D eigenvalue weighted by atomic mass is 32.2. The molecule has 0 fully saturated rings. The zero-order valence-corrected chi connectivity index (χ0v) is 10.2. The van der Waals surface area contributed by atoms with E-state index in [4.69, 9.17) is 5.11 Å². The van der Waals surface area contributed by atoms with Gasteiger partial charge in [-0.25, -0.2) is 12.7 Å². The first-order chi connectivity index (χ1) is 6.31. The number of sulfonamides is 1. The first kappa shape index (κ1) is 13.9. The zero-order valence-electron chi connectivity index (χ0n) is 9.40. The maximum absolute atomic E-state index is 11.5. The fourth-order valence-corrected chi connectivity index (χ4v) is 2.52. The summed E-state index contributed by atoms with van der Waals surface area (Å²) in [5, 5.41) is 8.61. The maximum atomic E-state index is 11.5. The van der Waals surface area contributed by atoms with Gasteiger partial charge < -0.3 is 5.11 Å². The Morgan fingerprint density at radius 2 is 1.79 bits per heavy atom. The van der Waals surface area contributed by atoms with E-state index in [-0.39, 0.29) is 18.4 Å². The summed E-state index contributed by atoms with van der Waals surface area (Å²) in [7, 11) is -1.70. The van der Waals surface area contributed by atoms with Gasteiger partial charge >= 0.3 is 0 Å². The molecule has 0 spiro atoms. The highest BCUT2D eigenvalue weighted by molar-refractivity contribution is 7.89. The van der Waals surface area contributed by atoms with Crippen LogP contribution in [-0.4, -0.2) is 43.3 Å². The van der Waals surface area contributed by atoms with Gasteiger partial charge in [-0.2, -0.15) is 0 Å². The zero-order chi connectivity index (χ0) is 11.4. The molecule has 1 atom stereocenters. The third-order valence-electron chi connectivity index (χ3n) is 2.22. The average Bonchev–Trinajstić information content (AvgIpc) is 2.01. The molecule has 0 saturated heterocycles. The SMILES string of the molecule is CC(C)CC(C)N(C)S(=O)(=O)CCO. The van der Waals surface area contributed by atoms with Gasteiger partial charge in [-0.3, -0.25) is 0 Å². The average molecular weight is 223 g/mol. The topological polar surface area (TPSA) is 57.6 Å². The lowest BCUT2D eigenvalue weighted by atomic mass is 10.1. The van der Waals surface area contributed by atoms with Crippen LogP contribution in [0.25, 0.3) is 0 Å². The molecule has 1 N–H and O–H groups in total. The van der Waals surface area contributed by atoms with Crippen molar-refractivity contribution in [2.75, 3.05) is 19.4 Å². The number of hydrogen-bond acceptors (Lipinski definition) is 3. The van der Waals surface area contributed by atoms with Gasteiger partial charge in [0.25, 0.3) is 0 Å². The molecule has 0 aliphatic heterocycles. The standard InChI is InChI=1S/C9H21NO3S/c1-8(2)7-9(3)10(4)14(12,13)6-5-11/h8-9,11H,5-7H2,1-4H3. The second-order valence-corrected chi connectivity index (χ2v) is 6.18. The Balaban J connectivity index is 4.37. The molecule has 0 aromatic heterocycles. The maximum Gasteiger partial charge on any atom is 0.216 e. The monoisotopic (exact) mass is 223 g/mol. The molecule has 4 nitrogen and oxygen atoms in total. The first-order valence-corrected chi connectivity index (χ1v) is 6.48. The Kier molecular flexibility index (Phi) is 5.63. The van der Waals surface area contributed by atoms with Crippen LogP contribution in [0, 0.1) is 5.92 Å². The minimum atomic E-state index is -3.27. The third kappa shape index (κ3) is 4.39. The van der Waals surface area contributed by atoms with Crippen LogP contribution in [0.3, 0.4) is 0 Å². The summed E-state index contributed by atoms with van der Waals surface area (Å²) in [5.74, 6) is 0.281.